The van der Waals surface area contributed by atoms with Crippen LogP contribution in [0.3, 0.4) is 0 Å². The number of aromatic nitrogens is 2. The van der Waals surface area contributed by atoms with Gasteiger partial charge in [0.25, 0.3) is 0 Å². The molecule has 0 aromatic carbocycles. The predicted molar refractivity (Wildman–Crippen MR) is 73.3 cm³/mol. The highest BCUT2D eigenvalue weighted by atomic mass is 16.7. The molecule has 0 aliphatic carbocycles. The van der Waals surface area contributed by atoms with E-state index in [1.165, 1.54) is 16.8 Å². The van der Waals surface area contributed by atoms with Crippen LogP contribution in [0.15, 0.2) is 17.1 Å². The van der Waals surface area contributed by atoms with Crippen LogP contribution in [-0.4, -0.2) is 35.0 Å². The number of esters is 1. The Morgan fingerprint density at radius 1 is 1.62 bits per heavy atom. The minimum absolute atomic E-state index is 0.0101. The molecule has 8 heteroatoms. The first-order valence-electron chi connectivity index (χ1n) is 6.87. The SMILES string of the molecule is CCCCC(=O)OCC1OCC(n2ccc(N)nc2=O)O1. The van der Waals surface area contributed by atoms with E-state index in [0.717, 1.165) is 12.8 Å². The Balaban J connectivity index is 1.83. The molecule has 0 radical (unpaired) electrons. The zero-order valence-electron chi connectivity index (χ0n) is 11.9. The fraction of sp³-hybridized carbons (Fsp3) is 0.615. The summed E-state index contributed by atoms with van der Waals surface area (Å²) in [7, 11) is 0. The molecule has 2 rings (SSSR count). The zero-order valence-corrected chi connectivity index (χ0v) is 11.9. The summed E-state index contributed by atoms with van der Waals surface area (Å²) in [5.41, 5.74) is 4.91. The number of hydrogen-bond donors (Lipinski definition) is 1. The van der Waals surface area contributed by atoms with Gasteiger partial charge >= 0.3 is 11.7 Å². The lowest BCUT2D eigenvalue weighted by molar-refractivity contribution is -0.159. The Labute approximate surface area is 121 Å². The summed E-state index contributed by atoms with van der Waals surface area (Å²) in [6.45, 7) is 2.19. The molecule has 1 aromatic rings. The van der Waals surface area contributed by atoms with E-state index in [4.69, 9.17) is 19.9 Å². The lowest BCUT2D eigenvalue weighted by Gasteiger charge is -2.13. The van der Waals surface area contributed by atoms with Crippen LogP contribution in [0.1, 0.15) is 32.4 Å². The average molecular weight is 297 g/mol. The molecule has 1 saturated heterocycles. The van der Waals surface area contributed by atoms with Crippen molar-refractivity contribution in [1.29, 1.82) is 0 Å². The maximum absolute atomic E-state index is 11.7. The topological polar surface area (TPSA) is 106 Å². The van der Waals surface area contributed by atoms with Crippen LogP contribution in [-0.2, 0) is 19.0 Å². The number of unbranched alkanes of at least 4 members (excludes halogenated alkanes) is 1. The van der Waals surface area contributed by atoms with Gasteiger partial charge in [0.15, 0.2) is 12.5 Å². The Morgan fingerprint density at radius 2 is 2.43 bits per heavy atom. The lowest BCUT2D eigenvalue weighted by Crippen LogP contribution is -2.29. The van der Waals surface area contributed by atoms with Gasteiger partial charge < -0.3 is 19.9 Å². The molecule has 1 aliphatic rings. The number of hydrogen-bond acceptors (Lipinski definition) is 7. The van der Waals surface area contributed by atoms with Gasteiger partial charge in [-0.15, -0.1) is 0 Å². The smallest absolute Gasteiger partial charge is 0.351 e. The summed E-state index contributed by atoms with van der Waals surface area (Å²) in [6, 6.07) is 1.50. The minimum atomic E-state index is -0.676. The van der Waals surface area contributed by atoms with Crippen LogP contribution < -0.4 is 11.4 Å². The number of anilines is 1. The third-order valence-electron chi connectivity index (χ3n) is 3.01. The van der Waals surface area contributed by atoms with E-state index in [9.17, 15) is 9.59 Å². The van der Waals surface area contributed by atoms with Crippen molar-refractivity contribution in [3.63, 3.8) is 0 Å². The molecular weight excluding hydrogens is 278 g/mol. The van der Waals surface area contributed by atoms with Crippen LogP contribution in [0.2, 0.25) is 0 Å². The average Bonchev–Trinajstić information content (AvgIpc) is 2.91. The predicted octanol–water partition coefficient (Wildman–Crippen LogP) is 0.430. The van der Waals surface area contributed by atoms with Crippen molar-refractivity contribution >= 4 is 11.8 Å². The lowest BCUT2D eigenvalue weighted by atomic mass is 10.2. The van der Waals surface area contributed by atoms with Crippen molar-refractivity contribution in [2.24, 2.45) is 0 Å². The third-order valence-corrected chi connectivity index (χ3v) is 3.01. The molecule has 2 N–H and O–H groups in total. The molecule has 116 valence electrons. The molecule has 0 spiro atoms. The highest BCUT2D eigenvalue weighted by molar-refractivity contribution is 5.69. The van der Waals surface area contributed by atoms with E-state index >= 15 is 0 Å². The van der Waals surface area contributed by atoms with Crippen molar-refractivity contribution in [2.45, 2.75) is 38.7 Å². The monoisotopic (exact) mass is 297 g/mol. The molecule has 1 aliphatic heterocycles. The Bertz CT molecular complexity index is 545. The molecule has 21 heavy (non-hydrogen) atoms. The molecule has 1 aromatic heterocycles. The van der Waals surface area contributed by atoms with E-state index < -0.39 is 18.2 Å². The van der Waals surface area contributed by atoms with Crippen molar-refractivity contribution < 1.29 is 19.0 Å². The van der Waals surface area contributed by atoms with Crippen molar-refractivity contribution in [3.8, 4) is 0 Å². The minimum Gasteiger partial charge on any atom is -0.460 e. The number of nitrogen functional groups attached to an aromatic ring is 1. The van der Waals surface area contributed by atoms with Gasteiger partial charge in [-0.1, -0.05) is 13.3 Å². The maximum Gasteiger partial charge on any atom is 0.351 e. The number of rotatable bonds is 6. The van der Waals surface area contributed by atoms with E-state index in [0.29, 0.717) is 6.42 Å². The van der Waals surface area contributed by atoms with Gasteiger partial charge in [0, 0.05) is 12.6 Å². The Kier molecular flexibility index (Phi) is 5.29. The van der Waals surface area contributed by atoms with E-state index in [1.807, 2.05) is 6.92 Å². The van der Waals surface area contributed by atoms with Gasteiger partial charge in [0.05, 0.1) is 6.61 Å². The van der Waals surface area contributed by atoms with Crippen molar-refractivity contribution in [2.75, 3.05) is 18.9 Å². The normalized spacial score (nSPS) is 21.4. The van der Waals surface area contributed by atoms with Gasteiger partial charge in [-0.05, 0) is 12.5 Å². The summed E-state index contributed by atoms with van der Waals surface area (Å²) < 4.78 is 17.2. The zero-order chi connectivity index (χ0) is 15.2. The van der Waals surface area contributed by atoms with E-state index in [1.54, 1.807) is 0 Å². The van der Waals surface area contributed by atoms with Gasteiger partial charge in [-0.3, -0.25) is 9.36 Å². The fourth-order valence-electron chi connectivity index (χ4n) is 1.88. The number of nitrogens with two attached hydrogens (primary N) is 1. The van der Waals surface area contributed by atoms with Crippen molar-refractivity contribution in [1.82, 2.24) is 9.55 Å². The molecule has 0 amide bonds. The second kappa shape index (κ2) is 7.19. The second-order valence-corrected chi connectivity index (χ2v) is 4.68. The first-order valence-corrected chi connectivity index (χ1v) is 6.87. The molecule has 2 unspecified atom stereocenters. The van der Waals surface area contributed by atoms with Crippen LogP contribution in [0, 0.1) is 0 Å². The summed E-state index contributed by atoms with van der Waals surface area (Å²) in [5.74, 6) is -0.129. The molecule has 0 bridgehead atoms. The summed E-state index contributed by atoms with van der Waals surface area (Å²) in [5, 5.41) is 0. The highest BCUT2D eigenvalue weighted by Crippen LogP contribution is 2.19. The number of carbonyl (C=O) groups is 1. The van der Waals surface area contributed by atoms with Crippen LogP contribution in [0.4, 0.5) is 5.82 Å². The van der Waals surface area contributed by atoms with Crippen LogP contribution in [0.25, 0.3) is 0 Å². The summed E-state index contributed by atoms with van der Waals surface area (Å²) in [6.07, 6.45) is 2.33. The molecule has 1 fully saturated rings. The van der Waals surface area contributed by atoms with Crippen LogP contribution in [0.5, 0.6) is 0 Å². The van der Waals surface area contributed by atoms with Gasteiger partial charge in [0.1, 0.15) is 12.4 Å². The molecule has 8 nitrogen and oxygen atoms in total. The quantitative estimate of drug-likeness (QED) is 0.759. The standard InChI is InChI=1S/C13H19N3O5/c1-2-3-4-11(17)19-8-12-20-7-10(21-12)16-6-5-9(14)15-13(16)18/h5-6,10,12H,2-4,7-8H2,1H3,(H2,14,15,18). The Hall–Kier alpha value is -1.93. The van der Waals surface area contributed by atoms with Gasteiger partial charge in [-0.25, -0.2) is 4.79 Å². The van der Waals surface area contributed by atoms with E-state index in [2.05, 4.69) is 4.98 Å². The van der Waals surface area contributed by atoms with Gasteiger partial charge in [0.2, 0.25) is 0 Å². The largest absolute Gasteiger partial charge is 0.460 e. The fourth-order valence-corrected chi connectivity index (χ4v) is 1.88. The second-order valence-electron chi connectivity index (χ2n) is 4.68. The summed E-state index contributed by atoms with van der Waals surface area (Å²) >= 11 is 0. The maximum atomic E-state index is 11.7. The molecule has 0 saturated carbocycles. The highest BCUT2D eigenvalue weighted by Gasteiger charge is 2.29. The van der Waals surface area contributed by atoms with Crippen LogP contribution >= 0.6 is 0 Å². The Morgan fingerprint density at radius 3 is 3.14 bits per heavy atom. The van der Waals surface area contributed by atoms with E-state index in [-0.39, 0.29) is 25.0 Å². The number of nitrogens with zero attached hydrogens (tertiary/aromatic N) is 2. The van der Waals surface area contributed by atoms with Gasteiger partial charge in [-0.2, -0.15) is 4.98 Å². The van der Waals surface area contributed by atoms with Crippen molar-refractivity contribution in [3.05, 3.63) is 22.7 Å². The molecule has 2 heterocycles. The number of ether oxygens (including phenoxy) is 3. The first-order chi connectivity index (χ1) is 10.1. The third kappa shape index (κ3) is 4.27. The summed E-state index contributed by atoms with van der Waals surface area (Å²) in [4.78, 5) is 26.7. The molecular formula is C13H19N3O5. The number of carbonyl (C=O) groups excluding carboxylic acids is 1. The molecule has 2 atom stereocenters. The first kappa shape index (κ1) is 15.5.